The van der Waals surface area contributed by atoms with E-state index in [1.807, 2.05) is 20.1 Å². The fourth-order valence-electron chi connectivity index (χ4n) is 2.55. The maximum atomic E-state index is 13.8. The van der Waals surface area contributed by atoms with Crippen LogP contribution < -0.4 is 5.69 Å². The highest BCUT2D eigenvalue weighted by molar-refractivity contribution is 7.98. The first-order valence-electron chi connectivity index (χ1n) is 7.36. The van der Waals surface area contributed by atoms with Gasteiger partial charge in [-0.15, -0.1) is 11.8 Å². The van der Waals surface area contributed by atoms with E-state index in [0.29, 0.717) is 11.4 Å². The number of aromatic hydroxyl groups is 1. The summed E-state index contributed by atoms with van der Waals surface area (Å²) in [5.41, 5.74) is 0.437. The van der Waals surface area contributed by atoms with Gasteiger partial charge in [0.1, 0.15) is 0 Å². The maximum absolute atomic E-state index is 13.8. The van der Waals surface area contributed by atoms with E-state index in [9.17, 15) is 14.3 Å². The Bertz CT molecular complexity index is 1040. The van der Waals surface area contributed by atoms with Gasteiger partial charge >= 0.3 is 5.69 Å². The minimum atomic E-state index is -0.808. The van der Waals surface area contributed by atoms with Gasteiger partial charge in [-0.3, -0.25) is 4.98 Å². The van der Waals surface area contributed by atoms with Crippen LogP contribution in [0.5, 0.6) is 5.88 Å². The summed E-state index contributed by atoms with van der Waals surface area (Å²) in [5, 5.41) is 9.55. The van der Waals surface area contributed by atoms with Crippen molar-refractivity contribution in [3.05, 3.63) is 45.5 Å². The van der Waals surface area contributed by atoms with E-state index < -0.39 is 22.5 Å². The minimum absolute atomic E-state index is 0.00730. The summed E-state index contributed by atoms with van der Waals surface area (Å²) in [7, 11) is 0. The predicted octanol–water partition coefficient (Wildman–Crippen LogP) is 3.52. The number of nitrogens with zero attached hydrogens (tertiary/aromatic N) is 4. The van der Waals surface area contributed by atoms with Crippen LogP contribution >= 0.6 is 23.4 Å². The third-order valence-electron chi connectivity index (χ3n) is 3.66. The molecule has 0 aliphatic carbocycles. The Labute approximate surface area is 151 Å². The molecule has 0 saturated carbocycles. The molecule has 3 rings (SSSR count). The molecule has 0 aliphatic heterocycles. The van der Waals surface area contributed by atoms with Crippen LogP contribution in [0.1, 0.15) is 25.5 Å². The molecule has 3 aromatic rings. The Balaban J connectivity index is 2.54. The summed E-state index contributed by atoms with van der Waals surface area (Å²) in [6.07, 6.45) is 3.52. The first-order valence-corrected chi connectivity index (χ1v) is 8.96. The lowest BCUT2D eigenvalue weighted by atomic mass is 10.1. The van der Waals surface area contributed by atoms with E-state index in [2.05, 4.69) is 15.0 Å². The molecule has 0 bridgehead atoms. The molecule has 9 heteroatoms. The van der Waals surface area contributed by atoms with Crippen LogP contribution in [0.15, 0.2) is 28.0 Å². The Hall–Kier alpha value is -2.19. The van der Waals surface area contributed by atoms with E-state index in [4.69, 9.17) is 11.6 Å². The first-order chi connectivity index (χ1) is 11.8. The summed E-state index contributed by atoms with van der Waals surface area (Å²) in [5.74, 6) is -1.40. The molecule has 0 saturated heterocycles. The number of aromatic nitrogens is 4. The average molecular weight is 381 g/mol. The second-order valence-corrected chi connectivity index (χ2v) is 6.79. The van der Waals surface area contributed by atoms with Crippen molar-refractivity contribution in [2.75, 3.05) is 6.26 Å². The standard InChI is InChI=1S/C16H14ClFN4O2S/c1-7(2)11-12(10(25-3)4-5-19-11)22-14-8(15(23)21-16(22)24)6-9(18)13(17)20-14/h4-7H,1-3H3,(H,21,23,24). The zero-order valence-electron chi connectivity index (χ0n) is 13.6. The van der Waals surface area contributed by atoms with Crippen molar-refractivity contribution in [3.8, 4) is 11.6 Å². The number of thioether (sulfide) groups is 1. The van der Waals surface area contributed by atoms with Gasteiger partial charge in [0.2, 0.25) is 5.88 Å². The van der Waals surface area contributed by atoms with Crippen molar-refractivity contribution in [1.29, 1.82) is 0 Å². The van der Waals surface area contributed by atoms with Gasteiger partial charge in [-0.1, -0.05) is 25.4 Å². The molecular weight excluding hydrogens is 367 g/mol. The zero-order valence-corrected chi connectivity index (χ0v) is 15.2. The highest BCUT2D eigenvalue weighted by Gasteiger charge is 2.21. The van der Waals surface area contributed by atoms with Crippen molar-refractivity contribution in [2.45, 2.75) is 24.7 Å². The maximum Gasteiger partial charge on any atom is 0.357 e. The monoisotopic (exact) mass is 380 g/mol. The number of fused-ring (bicyclic) bond motifs is 1. The number of halogens is 2. The Morgan fingerprint density at radius 3 is 2.72 bits per heavy atom. The second-order valence-electron chi connectivity index (χ2n) is 5.59. The molecule has 25 heavy (non-hydrogen) atoms. The third-order valence-corrected chi connectivity index (χ3v) is 4.70. The van der Waals surface area contributed by atoms with Crippen LogP contribution in [-0.2, 0) is 0 Å². The Kier molecular flexibility index (Phi) is 4.66. The topological polar surface area (TPSA) is 80.9 Å². The van der Waals surface area contributed by atoms with Crippen molar-refractivity contribution >= 4 is 34.4 Å². The Morgan fingerprint density at radius 1 is 1.36 bits per heavy atom. The molecule has 0 amide bonds. The first kappa shape index (κ1) is 17.6. The van der Waals surface area contributed by atoms with Crippen molar-refractivity contribution in [3.63, 3.8) is 0 Å². The molecule has 6 nitrogen and oxygen atoms in total. The fourth-order valence-corrected chi connectivity index (χ4v) is 3.27. The quantitative estimate of drug-likeness (QED) is 0.553. The normalized spacial score (nSPS) is 11.4. The van der Waals surface area contributed by atoms with Gasteiger partial charge in [-0.05, 0) is 24.3 Å². The van der Waals surface area contributed by atoms with Crippen LogP contribution in [-0.4, -0.2) is 30.9 Å². The molecule has 0 aliphatic rings. The summed E-state index contributed by atoms with van der Waals surface area (Å²) in [6.45, 7) is 3.88. The van der Waals surface area contributed by atoms with Crippen LogP contribution in [0.4, 0.5) is 4.39 Å². The lowest BCUT2D eigenvalue weighted by Crippen LogP contribution is -2.24. The molecule has 130 valence electrons. The average Bonchev–Trinajstić information content (AvgIpc) is 2.56. The van der Waals surface area contributed by atoms with Crippen LogP contribution in [0.2, 0.25) is 5.15 Å². The SMILES string of the molecule is CSc1ccnc(C(C)C)c1-n1c(=O)nc(O)c2cc(F)c(Cl)nc21. The summed E-state index contributed by atoms with van der Waals surface area (Å²) in [6, 6.07) is 2.77. The van der Waals surface area contributed by atoms with Gasteiger partial charge in [0, 0.05) is 11.1 Å². The molecule has 0 unspecified atom stereocenters. The van der Waals surface area contributed by atoms with Crippen molar-refractivity contribution < 1.29 is 9.50 Å². The molecule has 0 spiro atoms. The van der Waals surface area contributed by atoms with Crippen LogP contribution in [0, 0.1) is 5.82 Å². The lowest BCUT2D eigenvalue weighted by Gasteiger charge is -2.18. The van der Waals surface area contributed by atoms with Gasteiger partial charge in [-0.25, -0.2) is 18.7 Å². The van der Waals surface area contributed by atoms with Crippen LogP contribution in [0.25, 0.3) is 16.7 Å². The van der Waals surface area contributed by atoms with Crippen molar-refractivity contribution in [1.82, 2.24) is 19.5 Å². The Morgan fingerprint density at radius 2 is 2.08 bits per heavy atom. The van der Waals surface area contributed by atoms with Crippen LogP contribution in [0.3, 0.4) is 0 Å². The largest absolute Gasteiger partial charge is 0.493 e. The molecule has 0 atom stereocenters. The highest BCUT2D eigenvalue weighted by atomic mass is 35.5. The zero-order chi connectivity index (χ0) is 18.3. The van der Waals surface area contributed by atoms with E-state index >= 15 is 0 Å². The summed E-state index contributed by atoms with van der Waals surface area (Å²) in [4.78, 5) is 25.3. The van der Waals surface area contributed by atoms with Gasteiger partial charge in [0.15, 0.2) is 16.6 Å². The van der Waals surface area contributed by atoms with Crippen molar-refractivity contribution in [2.24, 2.45) is 0 Å². The predicted molar refractivity (Wildman–Crippen MR) is 95.4 cm³/mol. The summed E-state index contributed by atoms with van der Waals surface area (Å²) < 4.78 is 15.0. The fraction of sp³-hybridized carbons (Fsp3) is 0.250. The number of hydrogen-bond acceptors (Lipinski definition) is 6. The second kappa shape index (κ2) is 6.61. The lowest BCUT2D eigenvalue weighted by molar-refractivity contribution is 0.455. The van der Waals surface area contributed by atoms with Gasteiger partial charge in [0.25, 0.3) is 0 Å². The minimum Gasteiger partial charge on any atom is -0.493 e. The molecule has 0 fully saturated rings. The smallest absolute Gasteiger partial charge is 0.357 e. The number of hydrogen-bond donors (Lipinski definition) is 1. The van der Waals surface area contributed by atoms with E-state index in [0.717, 1.165) is 11.0 Å². The number of rotatable bonds is 3. The van der Waals surface area contributed by atoms with Gasteiger partial charge < -0.3 is 5.11 Å². The highest BCUT2D eigenvalue weighted by Crippen LogP contribution is 2.32. The van der Waals surface area contributed by atoms with E-state index in [-0.39, 0.29) is 17.0 Å². The van der Waals surface area contributed by atoms with Gasteiger partial charge in [-0.2, -0.15) is 4.98 Å². The van der Waals surface area contributed by atoms with Gasteiger partial charge in [0.05, 0.1) is 16.8 Å². The molecule has 3 aromatic heterocycles. The summed E-state index contributed by atoms with van der Waals surface area (Å²) >= 11 is 7.23. The van der Waals surface area contributed by atoms with E-state index in [1.54, 1.807) is 12.3 Å². The molecule has 3 heterocycles. The molecular formula is C16H14ClFN4O2S. The third kappa shape index (κ3) is 2.96. The molecule has 0 radical (unpaired) electrons. The molecule has 0 aromatic carbocycles. The number of pyridine rings is 2. The molecule has 1 N–H and O–H groups in total. The van der Waals surface area contributed by atoms with E-state index in [1.165, 1.54) is 16.3 Å².